The molecule has 92 valence electrons. The Morgan fingerprint density at radius 2 is 1.88 bits per heavy atom. The lowest BCUT2D eigenvalue weighted by Gasteiger charge is -2.29. The van der Waals surface area contributed by atoms with E-state index in [4.69, 9.17) is 4.74 Å². The molecule has 1 aromatic rings. The number of hydrogen-bond acceptors (Lipinski definition) is 2. The molecule has 1 saturated heterocycles. The van der Waals surface area contributed by atoms with Crippen molar-refractivity contribution in [3.63, 3.8) is 0 Å². The molecule has 0 aromatic heterocycles. The summed E-state index contributed by atoms with van der Waals surface area (Å²) in [5, 5.41) is 3.71. The summed E-state index contributed by atoms with van der Waals surface area (Å²) in [6, 6.07) is 11.3. The van der Waals surface area contributed by atoms with Crippen LogP contribution in [-0.2, 0) is 4.74 Å². The fraction of sp³-hybridized carbons (Fsp3) is 0.600. The SMILES string of the molecule is c1ccc(C2CNC3CCCCC3CO2)cc1. The lowest BCUT2D eigenvalue weighted by atomic mass is 9.85. The summed E-state index contributed by atoms with van der Waals surface area (Å²) in [5.41, 5.74) is 1.30. The van der Waals surface area contributed by atoms with Crippen molar-refractivity contribution in [1.82, 2.24) is 5.32 Å². The number of benzene rings is 1. The maximum Gasteiger partial charge on any atom is 0.0949 e. The van der Waals surface area contributed by atoms with Crippen LogP contribution in [0.5, 0.6) is 0 Å². The van der Waals surface area contributed by atoms with Crippen molar-refractivity contribution in [1.29, 1.82) is 0 Å². The molecule has 0 radical (unpaired) electrons. The van der Waals surface area contributed by atoms with Crippen molar-refractivity contribution in [2.75, 3.05) is 13.2 Å². The second-order valence-corrected chi connectivity index (χ2v) is 5.29. The van der Waals surface area contributed by atoms with E-state index < -0.39 is 0 Å². The van der Waals surface area contributed by atoms with Gasteiger partial charge in [-0.3, -0.25) is 0 Å². The van der Waals surface area contributed by atoms with Gasteiger partial charge in [-0.05, 0) is 24.3 Å². The van der Waals surface area contributed by atoms with E-state index in [1.807, 2.05) is 0 Å². The van der Waals surface area contributed by atoms with Crippen LogP contribution < -0.4 is 5.32 Å². The van der Waals surface area contributed by atoms with Crippen molar-refractivity contribution >= 4 is 0 Å². The zero-order valence-electron chi connectivity index (χ0n) is 10.3. The number of ether oxygens (including phenoxy) is 1. The second kappa shape index (κ2) is 5.19. The van der Waals surface area contributed by atoms with Gasteiger partial charge in [0.1, 0.15) is 0 Å². The van der Waals surface area contributed by atoms with Crippen LogP contribution in [0.1, 0.15) is 37.4 Å². The minimum absolute atomic E-state index is 0.238. The monoisotopic (exact) mass is 231 g/mol. The minimum Gasteiger partial charge on any atom is -0.372 e. The second-order valence-electron chi connectivity index (χ2n) is 5.29. The van der Waals surface area contributed by atoms with Crippen molar-refractivity contribution < 1.29 is 4.74 Å². The van der Waals surface area contributed by atoms with Gasteiger partial charge >= 0.3 is 0 Å². The van der Waals surface area contributed by atoms with Crippen LogP contribution in [0.2, 0.25) is 0 Å². The maximum atomic E-state index is 6.10. The molecular formula is C15H21NO. The fourth-order valence-corrected chi connectivity index (χ4v) is 3.11. The fourth-order valence-electron chi connectivity index (χ4n) is 3.11. The molecule has 0 bridgehead atoms. The van der Waals surface area contributed by atoms with Gasteiger partial charge in [0.2, 0.25) is 0 Å². The molecule has 3 unspecified atom stereocenters. The molecule has 0 spiro atoms. The van der Waals surface area contributed by atoms with Crippen molar-refractivity contribution in [3.8, 4) is 0 Å². The van der Waals surface area contributed by atoms with Crippen LogP contribution in [0, 0.1) is 5.92 Å². The van der Waals surface area contributed by atoms with Gasteiger partial charge < -0.3 is 10.1 Å². The van der Waals surface area contributed by atoms with Crippen LogP contribution in [0.15, 0.2) is 30.3 Å². The zero-order chi connectivity index (χ0) is 11.5. The third-order valence-corrected chi connectivity index (χ3v) is 4.16. The lowest BCUT2D eigenvalue weighted by Crippen LogP contribution is -2.38. The van der Waals surface area contributed by atoms with Gasteiger partial charge in [-0.1, -0.05) is 43.2 Å². The summed E-state index contributed by atoms with van der Waals surface area (Å²) < 4.78 is 6.10. The normalized spacial score (nSPS) is 33.8. The highest BCUT2D eigenvalue weighted by Crippen LogP contribution is 2.29. The Hall–Kier alpha value is -0.860. The van der Waals surface area contributed by atoms with Crippen LogP contribution >= 0.6 is 0 Å². The van der Waals surface area contributed by atoms with Crippen molar-refractivity contribution in [3.05, 3.63) is 35.9 Å². The van der Waals surface area contributed by atoms with E-state index in [9.17, 15) is 0 Å². The zero-order valence-corrected chi connectivity index (χ0v) is 10.3. The molecular weight excluding hydrogens is 210 g/mol. The first kappa shape index (κ1) is 11.2. The quantitative estimate of drug-likeness (QED) is 0.802. The van der Waals surface area contributed by atoms with Crippen molar-refractivity contribution in [2.24, 2.45) is 5.92 Å². The number of fused-ring (bicyclic) bond motifs is 1. The van der Waals surface area contributed by atoms with Crippen LogP contribution in [0.4, 0.5) is 0 Å². The Morgan fingerprint density at radius 3 is 2.76 bits per heavy atom. The highest BCUT2D eigenvalue weighted by molar-refractivity contribution is 5.18. The smallest absolute Gasteiger partial charge is 0.0949 e. The summed E-state index contributed by atoms with van der Waals surface area (Å²) >= 11 is 0. The molecule has 1 aliphatic carbocycles. The van der Waals surface area contributed by atoms with Gasteiger partial charge in [-0.2, -0.15) is 0 Å². The Kier molecular flexibility index (Phi) is 3.44. The van der Waals surface area contributed by atoms with Gasteiger partial charge in [-0.15, -0.1) is 0 Å². The van der Waals surface area contributed by atoms with Gasteiger partial charge in [0.05, 0.1) is 12.7 Å². The molecule has 1 saturated carbocycles. The largest absolute Gasteiger partial charge is 0.372 e. The van der Waals surface area contributed by atoms with Crippen LogP contribution in [0.25, 0.3) is 0 Å². The Morgan fingerprint density at radius 1 is 1.06 bits per heavy atom. The van der Waals surface area contributed by atoms with E-state index in [0.717, 1.165) is 19.1 Å². The Balaban J connectivity index is 1.69. The first-order valence-corrected chi connectivity index (χ1v) is 6.83. The molecule has 2 nitrogen and oxygen atoms in total. The number of hydrogen-bond donors (Lipinski definition) is 1. The molecule has 17 heavy (non-hydrogen) atoms. The van der Waals surface area contributed by atoms with E-state index in [1.54, 1.807) is 0 Å². The maximum absolute atomic E-state index is 6.10. The Bertz CT molecular complexity index is 335. The summed E-state index contributed by atoms with van der Waals surface area (Å²) in [5.74, 6) is 0.734. The van der Waals surface area contributed by atoms with Crippen LogP contribution in [0.3, 0.4) is 0 Å². The highest BCUT2D eigenvalue weighted by atomic mass is 16.5. The third-order valence-electron chi connectivity index (χ3n) is 4.16. The van der Waals surface area contributed by atoms with Crippen molar-refractivity contribution in [2.45, 2.75) is 37.8 Å². The average Bonchev–Trinajstić information content (AvgIpc) is 2.62. The molecule has 3 atom stereocenters. The summed E-state index contributed by atoms with van der Waals surface area (Å²) in [4.78, 5) is 0. The highest BCUT2D eigenvalue weighted by Gasteiger charge is 2.29. The molecule has 1 aliphatic heterocycles. The summed E-state index contributed by atoms with van der Waals surface area (Å²) in [6.45, 7) is 1.89. The lowest BCUT2D eigenvalue weighted by molar-refractivity contribution is 0.0401. The third kappa shape index (κ3) is 2.53. The molecule has 3 rings (SSSR count). The van der Waals surface area contributed by atoms with E-state index >= 15 is 0 Å². The number of nitrogens with one attached hydrogen (secondary N) is 1. The molecule has 2 fully saturated rings. The van der Waals surface area contributed by atoms with Crippen LogP contribution in [-0.4, -0.2) is 19.2 Å². The van der Waals surface area contributed by atoms with Gasteiger partial charge in [-0.25, -0.2) is 0 Å². The Labute approximate surface area is 103 Å². The molecule has 1 N–H and O–H groups in total. The van der Waals surface area contributed by atoms with E-state index in [1.165, 1.54) is 31.2 Å². The average molecular weight is 231 g/mol. The summed E-state index contributed by atoms with van der Waals surface area (Å²) in [6.07, 6.45) is 5.66. The predicted molar refractivity (Wildman–Crippen MR) is 68.9 cm³/mol. The first-order chi connectivity index (χ1) is 8.43. The standard InChI is InChI=1S/C15H21NO/c1-2-6-12(7-3-1)15-10-16-14-9-5-4-8-13(14)11-17-15/h1-3,6-7,13-16H,4-5,8-11H2. The van der Waals surface area contributed by atoms with E-state index in [0.29, 0.717) is 6.04 Å². The minimum atomic E-state index is 0.238. The number of rotatable bonds is 1. The van der Waals surface area contributed by atoms with Gasteiger partial charge in [0.25, 0.3) is 0 Å². The molecule has 2 heteroatoms. The molecule has 2 aliphatic rings. The molecule has 1 aromatic carbocycles. The predicted octanol–water partition coefficient (Wildman–Crippen LogP) is 2.91. The van der Waals surface area contributed by atoms with E-state index in [2.05, 4.69) is 35.6 Å². The van der Waals surface area contributed by atoms with Gasteiger partial charge in [0, 0.05) is 12.6 Å². The summed E-state index contributed by atoms with van der Waals surface area (Å²) in [7, 11) is 0. The first-order valence-electron chi connectivity index (χ1n) is 6.83. The van der Waals surface area contributed by atoms with Gasteiger partial charge in [0.15, 0.2) is 0 Å². The molecule has 1 heterocycles. The molecule has 0 amide bonds. The topological polar surface area (TPSA) is 21.3 Å². The van der Waals surface area contributed by atoms with E-state index in [-0.39, 0.29) is 6.10 Å².